The Morgan fingerprint density at radius 1 is 0.457 bits per heavy atom. The smallest absolute Gasteiger partial charge is 0.264 e. The lowest BCUT2D eigenvalue weighted by Gasteiger charge is -2.44. The van der Waals surface area contributed by atoms with E-state index in [0.717, 1.165) is 5.69 Å². The molecule has 2 aliphatic rings. The average molecular weight is 927 g/mol. The van der Waals surface area contributed by atoms with Gasteiger partial charge in [0.05, 0.1) is 33.6 Å². The lowest BCUT2D eigenvalue weighted by Crippen LogP contribution is -2.60. The molecule has 3 aromatic heterocycles. The maximum absolute atomic E-state index is 2.64. The molecule has 2 aliphatic heterocycles. The molecule has 0 fully saturated rings. The Bertz CT molecular complexity index is 3920. The lowest BCUT2D eigenvalue weighted by molar-refractivity contribution is 0.590. The van der Waals surface area contributed by atoms with Crippen molar-refractivity contribution in [3.05, 3.63) is 180 Å². The van der Waals surface area contributed by atoms with Crippen LogP contribution in [-0.4, -0.2) is 15.8 Å². The molecule has 70 heavy (non-hydrogen) atoms. The zero-order chi connectivity index (χ0) is 48.3. The molecule has 4 nitrogen and oxygen atoms in total. The van der Waals surface area contributed by atoms with E-state index in [1.165, 1.54) is 126 Å². The molecule has 0 bridgehead atoms. The van der Waals surface area contributed by atoms with Crippen LogP contribution in [0.25, 0.3) is 59.4 Å². The highest BCUT2D eigenvalue weighted by molar-refractivity contribution is 7.33. The van der Waals surface area contributed by atoms with E-state index in [0.29, 0.717) is 0 Å². The summed E-state index contributed by atoms with van der Waals surface area (Å²) < 4.78 is 7.76. The van der Waals surface area contributed by atoms with Gasteiger partial charge in [-0.1, -0.05) is 147 Å². The third kappa shape index (κ3) is 6.14. The summed E-state index contributed by atoms with van der Waals surface area (Å²) in [6.07, 6.45) is 0. The SMILES string of the molecule is Cc1cc2c3c(c1)N(c1ccc(C(C)(C)C)cc1)c1c(cc(-n4c5ccccc5c5ccccc54)c4c5ccccc5n(C)c14)B3c1sc3ccc(C(C)(C)C)cc3c1N2c1ccc(C(C)(C)C)cc1. The third-order valence-electron chi connectivity index (χ3n) is 15.6. The van der Waals surface area contributed by atoms with Crippen LogP contribution in [0.1, 0.15) is 84.6 Å². The molecule has 5 heterocycles. The van der Waals surface area contributed by atoms with Crippen LogP contribution >= 0.6 is 11.3 Å². The number of anilines is 6. The van der Waals surface area contributed by atoms with E-state index in [-0.39, 0.29) is 23.0 Å². The molecule has 0 amide bonds. The highest BCUT2D eigenvalue weighted by Gasteiger charge is 2.47. The molecule has 0 N–H and O–H groups in total. The minimum atomic E-state index is -0.0597. The second-order valence-corrected chi connectivity index (χ2v) is 24.3. The minimum absolute atomic E-state index is 0.0136. The van der Waals surface area contributed by atoms with Gasteiger partial charge in [-0.15, -0.1) is 11.3 Å². The molecule has 0 aliphatic carbocycles. The van der Waals surface area contributed by atoms with Crippen LogP contribution in [-0.2, 0) is 23.3 Å². The lowest BCUT2D eigenvalue weighted by atomic mass is 9.36. The van der Waals surface area contributed by atoms with Crippen LogP contribution in [0.3, 0.4) is 0 Å². The van der Waals surface area contributed by atoms with Gasteiger partial charge in [0.1, 0.15) is 0 Å². The zero-order valence-corrected chi connectivity index (χ0v) is 43.1. The molecule has 8 aromatic carbocycles. The van der Waals surface area contributed by atoms with Gasteiger partial charge in [0.25, 0.3) is 6.71 Å². The number of aromatic nitrogens is 2. The molecule has 13 rings (SSSR count). The molecule has 0 saturated heterocycles. The maximum atomic E-state index is 2.64. The number of fused-ring (bicyclic) bond motifs is 13. The van der Waals surface area contributed by atoms with E-state index >= 15 is 0 Å². The average Bonchev–Trinajstić information content (AvgIpc) is 3.98. The summed E-state index contributed by atoms with van der Waals surface area (Å²) in [5, 5.41) is 6.36. The molecular weight excluding hydrogens is 868 g/mol. The van der Waals surface area contributed by atoms with Gasteiger partial charge in [-0.25, -0.2) is 0 Å². The minimum Gasteiger partial charge on any atom is -0.342 e. The summed E-state index contributed by atoms with van der Waals surface area (Å²) >= 11 is 1.98. The summed E-state index contributed by atoms with van der Waals surface area (Å²) in [5.74, 6) is 0. The molecular formula is C64H59BN4S. The van der Waals surface area contributed by atoms with Crippen LogP contribution in [0, 0.1) is 6.92 Å². The van der Waals surface area contributed by atoms with E-state index < -0.39 is 0 Å². The molecule has 0 saturated carbocycles. The predicted octanol–water partition coefficient (Wildman–Crippen LogP) is 15.9. The van der Waals surface area contributed by atoms with Crippen molar-refractivity contribution >= 4 is 122 Å². The molecule has 0 radical (unpaired) electrons. The molecule has 6 heteroatoms. The van der Waals surface area contributed by atoms with E-state index in [2.05, 4.69) is 253 Å². The van der Waals surface area contributed by atoms with E-state index in [1.54, 1.807) is 0 Å². The van der Waals surface area contributed by atoms with Gasteiger partial charge >= 0.3 is 0 Å². The Hall–Kier alpha value is -7.02. The number of para-hydroxylation sites is 3. The van der Waals surface area contributed by atoms with Gasteiger partial charge in [-0.05, 0) is 129 Å². The fraction of sp³-hybridized carbons (Fsp3) is 0.219. The first-order chi connectivity index (χ1) is 33.5. The van der Waals surface area contributed by atoms with Gasteiger partial charge in [-0.2, -0.15) is 0 Å². The predicted molar refractivity (Wildman–Crippen MR) is 305 cm³/mol. The number of nitrogens with zero attached hydrogens (tertiary/aromatic N) is 4. The number of rotatable bonds is 3. The van der Waals surface area contributed by atoms with Crippen molar-refractivity contribution in [2.24, 2.45) is 7.05 Å². The van der Waals surface area contributed by atoms with Gasteiger partial charge in [0.2, 0.25) is 0 Å². The number of hydrogen-bond acceptors (Lipinski definition) is 3. The number of hydrogen-bond donors (Lipinski definition) is 0. The van der Waals surface area contributed by atoms with Crippen molar-refractivity contribution in [1.82, 2.24) is 9.13 Å². The highest BCUT2D eigenvalue weighted by atomic mass is 32.1. The molecule has 344 valence electrons. The standard InChI is InChI=1S/C64H59BN4S/c1-38-34-53-57-54(35-38)68(43-31-26-40(27-32-43)63(5,6)7)59-48(65(57)61-58(47-36-41(64(8,9)10)28-33-55(47)70-61)67(53)42-29-24-39(25-30-42)62(2,3)4)37-52(56-46-20-14-15-21-49(46)66(11)60(56)59)69-50-22-16-12-18-44(50)45-19-13-17-23-51(45)69/h12-37H,1-11H3. The first kappa shape index (κ1) is 43.0. The monoisotopic (exact) mass is 926 g/mol. The topological polar surface area (TPSA) is 16.3 Å². The van der Waals surface area contributed by atoms with Crippen LogP contribution in [0.4, 0.5) is 34.1 Å². The van der Waals surface area contributed by atoms with Crippen LogP contribution in [0.2, 0.25) is 0 Å². The van der Waals surface area contributed by atoms with E-state index in [1.807, 2.05) is 11.3 Å². The summed E-state index contributed by atoms with van der Waals surface area (Å²) in [7, 11) is 2.29. The summed E-state index contributed by atoms with van der Waals surface area (Å²) in [6, 6.07) is 60.7. The number of aryl methyl sites for hydroxylation is 2. The first-order valence-electron chi connectivity index (χ1n) is 25.0. The summed E-state index contributed by atoms with van der Waals surface area (Å²) in [4.78, 5) is 5.27. The summed E-state index contributed by atoms with van der Waals surface area (Å²) in [6.45, 7) is 23.1. The van der Waals surface area contributed by atoms with E-state index in [4.69, 9.17) is 0 Å². The van der Waals surface area contributed by atoms with Crippen molar-refractivity contribution in [3.63, 3.8) is 0 Å². The second-order valence-electron chi connectivity index (χ2n) is 23.2. The van der Waals surface area contributed by atoms with Gasteiger partial charge in [-0.3, -0.25) is 0 Å². The van der Waals surface area contributed by atoms with Crippen molar-refractivity contribution in [2.75, 3.05) is 9.80 Å². The first-order valence-corrected chi connectivity index (χ1v) is 25.8. The van der Waals surface area contributed by atoms with Gasteiger partial charge in [0, 0.05) is 71.7 Å². The maximum Gasteiger partial charge on any atom is 0.264 e. The Morgan fingerprint density at radius 2 is 0.943 bits per heavy atom. The van der Waals surface area contributed by atoms with Crippen molar-refractivity contribution in [3.8, 4) is 5.69 Å². The Morgan fingerprint density at radius 3 is 1.49 bits per heavy atom. The fourth-order valence-electron chi connectivity index (χ4n) is 12.0. The number of thiophene rings is 1. The summed E-state index contributed by atoms with van der Waals surface area (Å²) in [5.41, 5.74) is 21.4. The molecule has 0 atom stereocenters. The van der Waals surface area contributed by atoms with Crippen LogP contribution < -0.4 is 25.5 Å². The normalized spacial score (nSPS) is 13.8. The second kappa shape index (κ2) is 14.8. The quantitative estimate of drug-likeness (QED) is 0.164. The van der Waals surface area contributed by atoms with Gasteiger partial charge in [0.15, 0.2) is 0 Å². The van der Waals surface area contributed by atoms with Gasteiger partial charge < -0.3 is 18.9 Å². The van der Waals surface area contributed by atoms with Crippen molar-refractivity contribution < 1.29 is 0 Å². The van der Waals surface area contributed by atoms with Crippen LogP contribution in [0.5, 0.6) is 0 Å². The molecule has 0 unspecified atom stereocenters. The largest absolute Gasteiger partial charge is 0.342 e. The van der Waals surface area contributed by atoms with Crippen molar-refractivity contribution in [1.29, 1.82) is 0 Å². The Balaban J connectivity index is 1.22. The molecule has 0 spiro atoms. The molecule has 11 aromatic rings. The van der Waals surface area contributed by atoms with Crippen molar-refractivity contribution in [2.45, 2.75) is 85.5 Å². The van der Waals surface area contributed by atoms with E-state index in [9.17, 15) is 0 Å². The third-order valence-corrected chi connectivity index (χ3v) is 16.8. The Labute approximate surface area is 416 Å². The fourth-order valence-corrected chi connectivity index (χ4v) is 13.3. The highest BCUT2D eigenvalue weighted by Crippen LogP contribution is 2.52. The Kier molecular flexibility index (Phi) is 9.07. The zero-order valence-electron chi connectivity index (χ0n) is 42.3. The number of benzene rings is 8. The van der Waals surface area contributed by atoms with Crippen LogP contribution in [0.15, 0.2) is 158 Å².